The lowest BCUT2D eigenvalue weighted by atomic mass is 9.92. The van der Waals surface area contributed by atoms with E-state index in [1.165, 1.54) is 0 Å². The highest BCUT2D eigenvalue weighted by Gasteiger charge is 2.33. The number of nitrogens with zero attached hydrogens (tertiary/aromatic N) is 1. The van der Waals surface area contributed by atoms with Gasteiger partial charge in [0.2, 0.25) is 0 Å². The normalized spacial score (nSPS) is 29.9. The fourth-order valence-corrected chi connectivity index (χ4v) is 2.26. The molecule has 0 aliphatic carbocycles. The third kappa shape index (κ3) is 3.40. The first-order valence-corrected chi connectivity index (χ1v) is 6.29. The van der Waals surface area contributed by atoms with Gasteiger partial charge in [0.25, 0.3) is 5.91 Å². The lowest BCUT2D eigenvalue weighted by Crippen LogP contribution is -2.56. The number of hydrogen-bond acceptors (Lipinski definition) is 4. The van der Waals surface area contributed by atoms with Gasteiger partial charge in [0.1, 0.15) is 6.10 Å². The van der Waals surface area contributed by atoms with Crippen molar-refractivity contribution in [3.63, 3.8) is 0 Å². The fourth-order valence-electron chi connectivity index (χ4n) is 2.26. The Kier molecular flexibility index (Phi) is 4.01. The van der Waals surface area contributed by atoms with Gasteiger partial charge in [-0.05, 0) is 26.8 Å². The summed E-state index contributed by atoms with van der Waals surface area (Å²) in [6.07, 6.45) is 1.43. The number of likely N-dealkylation sites (N-methyl/N-ethyl adjacent to an activating group) is 1. The Morgan fingerprint density at radius 2 is 2.06 bits per heavy atom. The van der Waals surface area contributed by atoms with Crippen LogP contribution in [0.3, 0.4) is 0 Å². The lowest BCUT2D eigenvalue weighted by molar-refractivity contribution is -0.140. The Labute approximate surface area is 102 Å². The molecule has 1 unspecified atom stereocenters. The predicted molar refractivity (Wildman–Crippen MR) is 63.8 cm³/mol. The van der Waals surface area contributed by atoms with E-state index in [1.807, 2.05) is 7.05 Å². The van der Waals surface area contributed by atoms with Crippen molar-refractivity contribution in [2.24, 2.45) is 0 Å². The second kappa shape index (κ2) is 5.33. The van der Waals surface area contributed by atoms with Crippen LogP contribution in [0, 0.1) is 0 Å². The first-order chi connectivity index (χ1) is 8.09. The average Bonchev–Trinajstić information content (AvgIpc) is 2.29. The Hall–Kier alpha value is -0.650. The van der Waals surface area contributed by atoms with E-state index in [-0.39, 0.29) is 17.6 Å². The highest BCUT2D eigenvalue weighted by molar-refractivity contribution is 5.81. The summed E-state index contributed by atoms with van der Waals surface area (Å²) in [6, 6.07) is 0. The second-order valence-corrected chi connectivity index (χ2v) is 5.28. The number of rotatable bonds is 2. The second-order valence-electron chi connectivity index (χ2n) is 5.28. The summed E-state index contributed by atoms with van der Waals surface area (Å²) >= 11 is 0. The standard InChI is InChI=1S/C12H22N2O3/c1-12(3-6-16-7-4-12)13-11(15)10-9-14(2)5-8-17-10/h10H,3-9H2,1-2H3,(H,13,15). The molecule has 0 bridgehead atoms. The molecule has 0 spiro atoms. The van der Waals surface area contributed by atoms with Crippen molar-refractivity contribution in [3.8, 4) is 0 Å². The number of carbonyl (C=O) groups is 1. The Morgan fingerprint density at radius 3 is 2.71 bits per heavy atom. The number of ether oxygens (including phenoxy) is 2. The number of nitrogens with one attached hydrogen (secondary N) is 1. The van der Waals surface area contributed by atoms with Gasteiger partial charge in [-0.2, -0.15) is 0 Å². The molecule has 0 aromatic carbocycles. The van der Waals surface area contributed by atoms with Crippen LogP contribution in [0.4, 0.5) is 0 Å². The van der Waals surface area contributed by atoms with Crippen LogP contribution in [0.25, 0.3) is 0 Å². The monoisotopic (exact) mass is 242 g/mol. The third-order valence-electron chi connectivity index (χ3n) is 3.58. The first kappa shape index (κ1) is 12.8. The molecular formula is C12H22N2O3. The molecule has 5 nitrogen and oxygen atoms in total. The zero-order valence-electron chi connectivity index (χ0n) is 10.7. The van der Waals surface area contributed by atoms with Crippen molar-refractivity contribution in [2.45, 2.75) is 31.4 Å². The van der Waals surface area contributed by atoms with Crippen molar-refractivity contribution < 1.29 is 14.3 Å². The summed E-state index contributed by atoms with van der Waals surface area (Å²) in [5.74, 6) is 0.0148. The average molecular weight is 242 g/mol. The Balaban J connectivity index is 1.87. The summed E-state index contributed by atoms with van der Waals surface area (Å²) in [6.45, 7) is 5.74. The quantitative estimate of drug-likeness (QED) is 0.740. The maximum atomic E-state index is 12.1. The van der Waals surface area contributed by atoms with Crippen molar-refractivity contribution in [3.05, 3.63) is 0 Å². The number of amides is 1. The van der Waals surface area contributed by atoms with Crippen LogP contribution in [0.2, 0.25) is 0 Å². The van der Waals surface area contributed by atoms with E-state index < -0.39 is 0 Å². The molecule has 0 aromatic heterocycles. The molecule has 98 valence electrons. The van der Waals surface area contributed by atoms with Crippen molar-refractivity contribution in [1.29, 1.82) is 0 Å². The van der Waals surface area contributed by atoms with Gasteiger partial charge in [0, 0.05) is 31.8 Å². The molecule has 2 aliphatic heterocycles. The fraction of sp³-hybridized carbons (Fsp3) is 0.917. The van der Waals surface area contributed by atoms with Gasteiger partial charge >= 0.3 is 0 Å². The number of carbonyl (C=O) groups excluding carboxylic acids is 1. The highest BCUT2D eigenvalue weighted by atomic mass is 16.5. The van der Waals surface area contributed by atoms with Crippen molar-refractivity contribution >= 4 is 5.91 Å². The van der Waals surface area contributed by atoms with Gasteiger partial charge in [0.05, 0.1) is 6.61 Å². The van der Waals surface area contributed by atoms with Crippen LogP contribution >= 0.6 is 0 Å². The molecule has 1 N–H and O–H groups in total. The van der Waals surface area contributed by atoms with E-state index in [4.69, 9.17) is 9.47 Å². The third-order valence-corrected chi connectivity index (χ3v) is 3.58. The van der Waals surface area contributed by atoms with E-state index in [9.17, 15) is 4.79 Å². The molecule has 2 fully saturated rings. The molecule has 2 saturated heterocycles. The minimum atomic E-state index is -0.326. The predicted octanol–water partition coefficient (Wildman–Crippen LogP) is 0.00230. The Morgan fingerprint density at radius 1 is 1.35 bits per heavy atom. The highest BCUT2D eigenvalue weighted by Crippen LogP contribution is 2.20. The van der Waals surface area contributed by atoms with E-state index in [0.717, 1.165) is 32.6 Å². The maximum absolute atomic E-state index is 12.1. The van der Waals surface area contributed by atoms with E-state index in [0.29, 0.717) is 13.2 Å². The van der Waals surface area contributed by atoms with Crippen molar-refractivity contribution in [2.75, 3.05) is 40.0 Å². The molecule has 0 radical (unpaired) electrons. The molecule has 2 heterocycles. The zero-order chi connectivity index (χ0) is 12.3. The van der Waals surface area contributed by atoms with E-state index in [1.54, 1.807) is 0 Å². The first-order valence-electron chi connectivity index (χ1n) is 6.29. The van der Waals surface area contributed by atoms with Gasteiger partial charge in [-0.3, -0.25) is 4.79 Å². The molecule has 2 aliphatic rings. The topological polar surface area (TPSA) is 50.8 Å². The SMILES string of the molecule is CN1CCOC(C(=O)NC2(C)CCOCC2)C1. The molecule has 0 aromatic rings. The zero-order valence-corrected chi connectivity index (χ0v) is 10.7. The van der Waals surface area contributed by atoms with Crippen LogP contribution in [0.15, 0.2) is 0 Å². The summed E-state index contributed by atoms with van der Waals surface area (Å²) in [5.41, 5.74) is -0.130. The lowest BCUT2D eigenvalue weighted by Gasteiger charge is -2.37. The minimum Gasteiger partial charge on any atom is -0.381 e. The largest absolute Gasteiger partial charge is 0.381 e. The van der Waals surface area contributed by atoms with Gasteiger partial charge in [-0.1, -0.05) is 0 Å². The summed E-state index contributed by atoms with van der Waals surface area (Å²) in [4.78, 5) is 14.2. The molecular weight excluding hydrogens is 220 g/mol. The van der Waals surface area contributed by atoms with Gasteiger partial charge in [-0.15, -0.1) is 0 Å². The maximum Gasteiger partial charge on any atom is 0.250 e. The Bertz CT molecular complexity index is 277. The molecule has 5 heteroatoms. The van der Waals surface area contributed by atoms with Crippen LogP contribution in [-0.4, -0.2) is 62.4 Å². The summed E-state index contributed by atoms with van der Waals surface area (Å²) < 4.78 is 10.8. The number of hydrogen-bond donors (Lipinski definition) is 1. The summed E-state index contributed by atoms with van der Waals surface area (Å²) in [7, 11) is 2.01. The summed E-state index contributed by atoms with van der Waals surface area (Å²) in [5, 5.41) is 3.11. The number of morpholine rings is 1. The molecule has 0 saturated carbocycles. The smallest absolute Gasteiger partial charge is 0.250 e. The van der Waals surface area contributed by atoms with Crippen LogP contribution in [0.1, 0.15) is 19.8 Å². The molecule has 17 heavy (non-hydrogen) atoms. The van der Waals surface area contributed by atoms with Crippen molar-refractivity contribution in [1.82, 2.24) is 10.2 Å². The van der Waals surface area contributed by atoms with Gasteiger partial charge in [0.15, 0.2) is 0 Å². The van der Waals surface area contributed by atoms with E-state index in [2.05, 4.69) is 17.1 Å². The minimum absolute atomic E-state index is 0.0148. The van der Waals surface area contributed by atoms with Crippen LogP contribution in [-0.2, 0) is 14.3 Å². The molecule has 1 amide bonds. The van der Waals surface area contributed by atoms with Gasteiger partial charge < -0.3 is 19.7 Å². The van der Waals surface area contributed by atoms with Crippen LogP contribution < -0.4 is 5.32 Å². The van der Waals surface area contributed by atoms with Crippen LogP contribution in [0.5, 0.6) is 0 Å². The molecule has 1 atom stereocenters. The van der Waals surface area contributed by atoms with E-state index >= 15 is 0 Å². The molecule has 2 rings (SSSR count). The van der Waals surface area contributed by atoms with Gasteiger partial charge in [-0.25, -0.2) is 0 Å².